The van der Waals surface area contributed by atoms with Gasteiger partial charge in [-0.3, -0.25) is 0 Å². The summed E-state index contributed by atoms with van der Waals surface area (Å²) < 4.78 is 5.60. The summed E-state index contributed by atoms with van der Waals surface area (Å²) >= 11 is 0. The second-order valence-electron chi connectivity index (χ2n) is 5.92. The van der Waals surface area contributed by atoms with Crippen molar-refractivity contribution in [3.8, 4) is 11.1 Å². The zero-order valence-electron chi connectivity index (χ0n) is 13.6. The van der Waals surface area contributed by atoms with E-state index in [0.29, 0.717) is 19.6 Å². The molecule has 2 heteroatoms. The van der Waals surface area contributed by atoms with Crippen LogP contribution in [0.5, 0.6) is 0 Å². The van der Waals surface area contributed by atoms with E-state index in [2.05, 4.69) is 36.4 Å². The van der Waals surface area contributed by atoms with Gasteiger partial charge in [-0.05, 0) is 22.3 Å². The molecule has 1 N–H and O–H groups in total. The molecule has 0 saturated carbocycles. The first-order valence-electron chi connectivity index (χ1n) is 8.25. The lowest BCUT2D eigenvalue weighted by Crippen LogP contribution is -2.18. The van der Waals surface area contributed by atoms with Gasteiger partial charge < -0.3 is 9.84 Å². The highest BCUT2D eigenvalue weighted by molar-refractivity contribution is 5.63. The molecule has 0 aliphatic carbocycles. The number of benzene rings is 3. The van der Waals surface area contributed by atoms with E-state index in [9.17, 15) is 5.11 Å². The number of rotatable bonds is 7. The molecule has 0 spiro atoms. The Morgan fingerprint density at radius 2 is 1.25 bits per heavy atom. The summed E-state index contributed by atoms with van der Waals surface area (Å²) in [5, 5.41) is 10.1. The molecular weight excluding hydrogens is 296 g/mol. The zero-order chi connectivity index (χ0) is 16.6. The topological polar surface area (TPSA) is 29.5 Å². The fourth-order valence-corrected chi connectivity index (χ4v) is 2.68. The monoisotopic (exact) mass is 318 g/mol. The minimum absolute atomic E-state index is 0.343. The minimum atomic E-state index is -0.490. The van der Waals surface area contributed by atoms with Gasteiger partial charge in [0.25, 0.3) is 0 Å². The van der Waals surface area contributed by atoms with Crippen LogP contribution in [0.15, 0.2) is 84.9 Å². The molecule has 0 fully saturated rings. The fourth-order valence-electron chi connectivity index (χ4n) is 2.68. The molecule has 3 aromatic carbocycles. The van der Waals surface area contributed by atoms with Crippen LogP contribution in [0.4, 0.5) is 0 Å². The van der Waals surface area contributed by atoms with E-state index < -0.39 is 6.10 Å². The van der Waals surface area contributed by atoms with Crippen LogP contribution >= 0.6 is 0 Å². The van der Waals surface area contributed by atoms with Gasteiger partial charge in [0.2, 0.25) is 0 Å². The average Bonchev–Trinajstić information content (AvgIpc) is 2.64. The van der Waals surface area contributed by atoms with Crippen LogP contribution in [0.3, 0.4) is 0 Å². The second-order valence-corrected chi connectivity index (χ2v) is 5.92. The van der Waals surface area contributed by atoms with E-state index >= 15 is 0 Å². The highest BCUT2D eigenvalue weighted by Gasteiger charge is 2.06. The third-order valence-electron chi connectivity index (χ3n) is 3.95. The standard InChI is InChI=1S/C22H22O2/c23-22(17-24-16-19-7-3-1-4-8-19)15-18-11-13-21(14-12-18)20-9-5-2-6-10-20/h1-14,22-23H,15-17H2/t22-/m0/s1. The Morgan fingerprint density at radius 3 is 1.92 bits per heavy atom. The zero-order valence-corrected chi connectivity index (χ0v) is 13.6. The van der Waals surface area contributed by atoms with Crippen LogP contribution in [-0.2, 0) is 17.8 Å². The Morgan fingerprint density at radius 1 is 0.667 bits per heavy atom. The van der Waals surface area contributed by atoms with Crippen molar-refractivity contribution < 1.29 is 9.84 Å². The van der Waals surface area contributed by atoms with Gasteiger partial charge in [-0.25, -0.2) is 0 Å². The lowest BCUT2D eigenvalue weighted by Gasteiger charge is -2.12. The molecule has 0 heterocycles. The van der Waals surface area contributed by atoms with E-state index in [1.54, 1.807) is 0 Å². The third-order valence-corrected chi connectivity index (χ3v) is 3.95. The normalized spacial score (nSPS) is 12.0. The van der Waals surface area contributed by atoms with Gasteiger partial charge >= 0.3 is 0 Å². The quantitative estimate of drug-likeness (QED) is 0.696. The molecular formula is C22H22O2. The van der Waals surface area contributed by atoms with E-state index in [-0.39, 0.29) is 0 Å². The maximum atomic E-state index is 10.1. The molecule has 0 unspecified atom stereocenters. The molecule has 3 aromatic rings. The maximum Gasteiger partial charge on any atom is 0.0814 e. The average molecular weight is 318 g/mol. The molecule has 0 amide bonds. The Hall–Kier alpha value is -2.42. The SMILES string of the molecule is O[C@H](COCc1ccccc1)Cc1ccc(-c2ccccc2)cc1. The molecule has 2 nitrogen and oxygen atoms in total. The summed E-state index contributed by atoms with van der Waals surface area (Å²) in [5.74, 6) is 0. The largest absolute Gasteiger partial charge is 0.390 e. The predicted molar refractivity (Wildman–Crippen MR) is 97.7 cm³/mol. The summed E-state index contributed by atoms with van der Waals surface area (Å²) in [6.07, 6.45) is 0.112. The van der Waals surface area contributed by atoms with Gasteiger partial charge in [0, 0.05) is 6.42 Å². The number of ether oxygens (including phenoxy) is 1. The highest BCUT2D eigenvalue weighted by Crippen LogP contribution is 2.19. The van der Waals surface area contributed by atoms with Crippen molar-refractivity contribution in [2.45, 2.75) is 19.1 Å². The first-order chi connectivity index (χ1) is 11.8. The van der Waals surface area contributed by atoms with Crippen molar-refractivity contribution in [3.63, 3.8) is 0 Å². The second kappa shape index (κ2) is 8.44. The molecule has 122 valence electrons. The number of aliphatic hydroxyl groups is 1. The van der Waals surface area contributed by atoms with Crippen molar-refractivity contribution in [3.05, 3.63) is 96.1 Å². The first-order valence-corrected chi connectivity index (χ1v) is 8.25. The molecule has 0 bridgehead atoms. The van der Waals surface area contributed by atoms with Crippen molar-refractivity contribution >= 4 is 0 Å². The predicted octanol–water partition coefficient (Wildman–Crippen LogP) is 4.47. The summed E-state index contributed by atoms with van der Waals surface area (Å²) in [5.41, 5.74) is 4.63. The van der Waals surface area contributed by atoms with Crippen LogP contribution in [0.25, 0.3) is 11.1 Å². The third kappa shape index (κ3) is 4.79. The van der Waals surface area contributed by atoms with Gasteiger partial charge in [-0.2, -0.15) is 0 Å². The number of hydrogen-bond donors (Lipinski definition) is 1. The summed E-state index contributed by atoms with van der Waals surface area (Å²) in [4.78, 5) is 0. The molecule has 1 atom stereocenters. The Bertz CT molecular complexity index is 721. The Balaban J connectivity index is 1.48. The summed E-state index contributed by atoms with van der Waals surface area (Å²) in [6, 6.07) is 28.6. The molecule has 0 saturated heterocycles. The van der Waals surface area contributed by atoms with Crippen molar-refractivity contribution in [1.29, 1.82) is 0 Å². The smallest absolute Gasteiger partial charge is 0.0814 e. The van der Waals surface area contributed by atoms with Gasteiger partial charge in [0.1, 0.15) is 0 Å². The van der Waals surface area contributed by atoms with Crippen LogP contribution < -0.4 is 0 Å². The molecule has 0 aliphatic rings. The van der Waals surface area contributed by atoms with Crippen molar-refractivity contribution in [2.75, 3.05) is 6.61 Å². The highest BCUT2D eigenvalue weighted by atomic mass is 16.5. The lowest BCUT2D eigenvalue weighted by molar-refractivity contribution is 0.0288. The Kier molecular flexibility index (Phi) is 5.78. The summed E-state index contributed by atoms with van der Waals surface area (Å²) in [7, 11) is 0. The van der Waals surface area contributed by atoms with Crippen LogP contribution in [0, 0.1) is 0 Å². The van der Waals surface area contributed by atoms with Gasteiger partial charge in [-0.1, -0.05) is 84.9 Å². The Labute approximate surface area is 143 Å². The molecule has 0 aromatic heterocycles. The lowest BCUT2D eigenvalue weighted by atomic mass is 10.0. The molecule has 24 heavy (non-hydrogen) atoms. The van der Waals surface area contributed by atoms with E-state index in [0.717, 1.165) is 11.1 Å². The van der Waals surface area contributed by atoms with Crippen LogP contribution in [0.2, 0.25) is 0 Å². The van der Waals surface area contributed by atoms with E-state index in [1.165, 1.54) is 11.1 Å². The fraction of sp³-hybridized carbons (Fsp3) is 0.182. The number of aliphatic hydroxyl groups excluding tert-OH is 1. The van der Waals surface area contributed by atoms with Gasteiger partial charge in [0.05, 0.1) is 19.3 Å². The van der Waals surface area contributed by atoms with E-state index in [4.69, 9.17) is 4.74 Å². The first kappa shape index (κ1) is 16.4. The van der Waals surface area contributed by atoms with Crippen LogP contribution in [-0.4, -0.2) is 17.8 Å². The van der Waals surface area contributed by atoms with Crippen LogP contribution in [0.1, 0.15) is 11.1 Å². The minimum Gasteiger partial charge on any atom is -0.390 e. The molecule has 3 rings (SSSR count). The van der Waals surface area contributed by atoms with Crippen molar-refractivity contribution in [1.82, 2.24) is 0 Å². The van der Waals surface area contributed by atoms with Gasteiger partial charge in [0.15, 0.2) is 0 Å². The molecule has 0 radical (unpaired) electrons. The maximum absolute atomic E-state index is 10.1. The van der Waals surface area contributed by atoms with Gasteiger partial charge in [-0.15, -0.1) is 0 Å². The summed E-state index contributed by atoms with van der Waals surface area (Å²) in [6.45, 7) is 0.875. The molecule has 0 aliphatic heterocycles. The number of hydrogen-bond acceptors (Lipinski definition) is 2. The van der Waals surface area contributed by atoms with Crippen molar-refractivity contribution in [2.24, 2.45) is 0 Å². The van der Waals surface area contributed by atoms with E-state index in [1.807, 2.05) is 48.5 Å².